The maximum Gasteiger partial charge on any atom is 0.345 e. The molecule has 8 nitrogen and oxygen atoms in total. The first-order chi connectivity index (χ1) is 12.2. The van der Waals surface area contributed by atoms with Crippen molar-refractivity contribution in [3.63, 3.8) is 0 Å². The summed E-state index contributed by atoms with van der Waals surface area (Å²) in [7, 11) is -4.31. The Morgan fingerprint density at radius 2 is 2.12 bits per heavy atom. The molecule has 3 rings (SSSR count). The van der Waals surface area contributed by atoms with Gasteiger partial charge in [-0.15, -0.1) is 0 Å². The molecule has 0 aliphatic carbocycles. The van der Waals surface area contributed by atoms with E-state index in [2.05, 4.69) is 10.1 Å². The van der Waals surface area contributed by atoms with Gasteiger partial charge in [0.2, 0.25) is 0 Å². The molecule has 1 unspecified atom stereocenters. The number of phenolic OH excluding ortho intramolecular Hbond substituents is 1. The van der Waals surface area contributed by atoms with Crippen molar-refractivity contribution in [3.05, 3.63) is 29.6 Å². The molecule has 12 heteroatoms. The largest absolute Gasteiger partial charge is 0.506 e. The topological polar surface area (TPSA) is 108 Å². The summed E-state index contributed by atoms with van der Waals surface area (Å²) in [4.78, 5) is 11.3. The Morgan fingerprint density at radius 1 is 1.38 bits per heavy atom. The van der Waals surface area contributed by atoms with Crippen LogP contribution in [0.15, 0.2) is 18.2 Å². The molecule has 0 saturated carbocycles. The van der Waals surface area contributed by atoms with E-state index in [1.54, 1.807) is 4.72 Å². The number of alkyl halides is 2. The van der Waals surface area contributed by atoms with Crippen LogP contribution >= 0.6 is 0 Å². The van der Waals surface area contributed by atoms with Gasteiger partial charge in [0.05, 0.1) is 6.61 Å². The fraction of sp³-hybridized carbons (Fsp3) is 0.357. The average molecular weight is 393 g/mol. The molecule has 2 aliphatic rings. The maximum absolute atomic E-state index is 14.9. The predicted octanol–water partition coefficient (Wildman–Crippen LogP) is 0.307. The van der Waals surface area contributed by atoms with Gasteiger partial charge in [-0.05, 0) is 17.7 Å². The van der Waals surface area contributed by atoms with Crippen LogP contribution in [-0.2, 0) is 19.7 Å². The minimum atomic E-state index is -4.31. The molecule has 1 aromatic carbocycles. The minimum Gasteiger partial charge on any atom is -0.506 e. The van der Waals surface area contributed by atoms with Crippen LogP contribution in [0.25, 0.3) is 5.57 Å². The van der Waals surface area contributed by atoms with Crippen molar-refractivity contribution in [1.82, 2.24) is 10.0 Å². The van der Waals surface area contributed by atoms with Gasteiger partial charge in [0.15, 0.2) is 5.82 Å². The normalized spacial score (nSPS) is 22.0. The fourth-order valence-corrected chi connectivity index (χ4v) is 3.92. The lowest BCUT2D eigenvalue weighted by molar-refractivity contribution is -0.130. The zero-order valence-corrected chi connectivity index (χ0v) is 13.9. The fourth-order valence-electron chi connectivity index (χ4n) is 2.76. The second-order valence-corrected chi connectivity index (χ2v) is 7.20. The summed E-state index contributed by atoms with van der Waals surface area (Å²) >= 11 is 0. The number of aromatic hydroxyl groups is 1. The lowest BCUT2D eigenvalue weighted by Gasteiger charge is -2.18. The standard InChI is InChI=1S/C14H14F3N3O5S/c15-12-9(7-3-8(18-4-7)6-25-14(16)17)1-2-10(21)13(12)20-5-11(22)19-26(20,23)24/h1-3,8,14,18,21H,4-6H2,(H,19,22). The van der Waals surface area contributed by atoms with Crippen molar-refractivity contribution in [2.24, 2.45) is 0 Å². The highest BCUT2D eigenvalue weighted by Crippen LogP contribution is 2.37. The highest BCUT2D eigenvalue weighted by molar-refractivity contribution is 7.92. The molecule has 0 aromatic heterocycles. The van der Waals surface area contributed by atoms with E-state index in [1.807, 2.05) is 0 Å². The monoisotopic (exact) mass is 393 g/mol. The third-order valence-electron chi connectivity index (χ3n) is 3.87. The van der Waals surface area contributed by atoms with E-state index in [0.717, 1.165) is 6.07 Å². The average Bonchev–Trinajstić information content (AvgIpc) is 3.09. The van der Waals surface area contributed by atoms with Gasteiger partial charge in [0.25, 0.3) is 5.91 Å². The zero-order chi connectivity index (χ0) is 19.1. The smallest absolute Gasteiger partial charge is 0.345 e. The number of amides is 1. The number of carbonyl (C=O) groups is 1. The van der Waals surface area contributed by atoms with Crippen molar-refractivity contribution in [1.29, 1.82) is 0 Å². The maximum atomic E-state index is 14.9. The molecule has 0 radical (unpaired) electrons. The Hall–Kier alpha value is -2.31. The molecular weight excluding hydrogens is 379 g/mol. The van der Waals surface area contributed by atoms with Gasteiger partial charge in [0.1, 0.15) is 18.0 Å². The quantitative estimate of drug-likeness (QED) is 0.665. The molecule has 3 N–H and O–H groups in total. The number of nitrogens with one attached hydrogen (secondary N) is 2. The number of carbonyl (C=O) groups excluding carboxylic acids is 1. The lowest BCUT2D eigenvalue weighted by Crippen LogP contribution is -2.30. The van der Waals surface area contributed by atoms with Crippen molar-refractivity contribution in [2.75, 3.05) is 24.0 Å². The van der Waals surface area contributed by atoms with Crippen molar-refractivity contribution < 1.29 is 36.2 Å². The number of anilines is 1. The number of hydrogen-bond donors (Lipinski definition) is 3. The molecule has 1 fully saturated rings. The van der Waals surface area contributed by atoms with Crippen LogP contribution in [0.3, 0.4) is 0 Å². The molecule has 1 aromatic rings. The molecule has 0 spiro atoms. The Labute approximate surface area is 146 Å². The van der Waals surface area contributed by atoms with Gasteiger partial charge in [-0.3, -0.25) is 4.79 Å². The van der Waals surface area contributed by atoms with Crippen LogP contribution in [0.2, 0.25) is 0 Å². The molecule has 142 valence electrons. The summed E-state index contributed by atoms with van der Waals surface area (Å²) in [6, 6.07) is 1.75. The summed E-state index contributed by atoms with van der Waals surface area (Å²) in [5.74, 6) is -2.57. The van der Waals surface area contributed by atoms with Crippen molar-refractivity contribution >= 4 is 27.4 Å². The highest BCUT2D eigenvalue weighted by atomic mass is 32.2. The Morgan fingerprint density at radius 3 is 2.73 bits per heavy atom. The van der Waals surface area contributed by atoms with Gasteiger partial charge in [-0.25, -0.2) is 13.4 Å². The summed E-state index contributed by atoms with van der Waals surface area (Å²) in [6.45, 7) is -3.80. The van der Waals surface area contributed by atoms with E-state index in [0.29, 0.717) is 9.88 Å². The number of halogens is 3. The van der Waals surface area contributed by atoms with Crippen LogP contribution in [0, 0.1) is 5.82 Å². The predicted molar refractivity (Wildman–Crippen MR) is 84.2 cm³/mol. The minimum absolute atomic E-state index is 0.0283. The molecule has 26 heavy (non-hydrogen) atoms. The summed E-state index contributed by atoms with van der Waals surface area (Å²) < 4.78 is 69.3. The number of rotatable bonds is 5. The van der Waals surface area contributed by atoms with Gasteiger partial charge in [-0.2, -0.15) is 17.2 Å². The Balaban J connectivity index is 1.94. The number of benzene rings is 1. The first-order valence-corrected chi connectivity index (χ1v) is 8.82. The summed E-state index contributed by atoms with van der Waals surface area (Å²) in [6.07, 6.45) is 1.48. The number of phenols is 1. The molecule has 2 heterocycles. The molecule has 1 saturated heterocycles. The van der Waals surface area contributed by atoms with E-state index in [-0.39, 0.29) is 18.7 Å². The van der Waals surface area contributed by atoms with Gasteiger partial charge < -0.3 is 15.2 Å². The highest BCUT2D eigenvalue weighted by Gasteiger charge is 2.38. The van der Waals surface area contributed by atoms with E-state index < -0.39 is 52.6 Å². The van der Waals surface area contributed by atoms with Crippen LogP contribution in [0.4, 0.5) is 18.9 Å². The molecule has 2 aliphatic heterocycles. The number of nitrogens with zero attached hydrogens (tertiary/aromatic N) is 1. The molecular formula is C14H14F3N3O5S. The number of hydrogen-bond acceptors (Lipinski definition) is 6. The second kappa shape index (κ2) is 6.78. The van der Waals surface area contributed by atoms with E-state index in [4.69, 9.17) is 0 Å². The van der Waals surface area contributed by atoms with Gasteiger partial charge in [0, 0.05) is 18.2 Å². The van der Waals surface area contributed by atoms with Gasteiger partial charge >= 0.3 is 16.8 Å². The third kappa shape index (κ3) is 3.48. The van der Waals surface area contributed by atoms with E-state index in [9.17, 15) is 31.5 Å². The summed E-state index contributed by atoms with van der Waals surface area (Å²) in [5.41, 5.74) is -0.309. The number of ether oxygens (including phenoxy) is 1. The first kappa shape index (κ1) is 18.5. The lowest BCUT2D eigenvalue weighted by atomic mass is 10.0. The van der Waals surface area contributed by atoms with E-state index in [1.165, 1.54) is 12.1 Å². The summed E-state index contributed by atoms with van der Waals surface area (Å²) in [5, 5.41) is 12.7. The van der Waals surface area contributed by atoms with Crippen molar-refractivity contribution in [2.45, 2.75) is 12.7 Å². The second-order valence-electron chi connectivity index (χ2n) is 5.61. The Kier molecular flexibility index (Phi) is 4.82. The van der Waals surface area contributed by atoms with E-state index >= 15 is 0 Å². The first-order valence-electron chi connectivity index (χ1n) is 7.38. The van der Waals surface area contributed by atoms with Gasteiger partial charge in [-0.1, -0.05) is 6.08 Å². The van der Waals surface area contributed by atoms with Crippen LogP contribution in [-0.4, -0.2) is 51.8 Å². The molecule has 1 atom stereocenters. The molecule has 0 bridgehead atoms. The SMILES string of the molecule is O=C1CN(c2c(O)ccc(C3=CC(COC(F)F)NC3)c2F)S(=O)(=O)N1. The molecule has 1 amide bonds. The Bertz CT molecular complexity index is 875. The van der Waals surface area contributed by atoms with Crippen LogP contribution in [0.1, 0.15) is 5.56 Å². The van der Waals surface area contributed by atoms with Crippen molar-refractivity contribution in [3.8, 4) is 5.75 Å². The van der Waals surface area contributed by atoms with Crippen LogP contribution in [0.5, 0.6) is 5.75 Å². The van der Waals surface area contributed by atoms with Crippen LogP contribution < -0.4 is 14.3 Å². The third-order valence-corrected chi connectivity index (χ3v) is 5.25. The zero-order valence-electron chi connectivity index (χ0n) is 13.1.